The highest BCUT2D eigenvalue weighted by Crippen LogP contribution is 2.22. The molecule has 5 nitrogen and oxygen atoms in total. The second-order valence-electron chi connectivity index (χ2n) is 4.96. The monoisotopic (exact) mass is 268 g/mol. The largest absolute Gasteiger partial charge is 0.330 e. The Bertz CT molecular complexity index is 420. The van der Waals surface area contributed by atoms with E-state index in [0.29, 0.717) is 30.2 Å². The summed E-state index contributed by atoms with van der Waals surface area (Å²) >= 11 is 1.46. The van der Waals surface area contributed by atoms with Crippen molar-refractivity contribution in [2.45, 2.75) is 26.3 Å². The maximum atomic E-state index is 11.9. The van der Waals surface area contributed by atoms with Crippen LogP contribution in [0.3, 0.4) is 0 Å². The fourth-order valence-electron chi connectivity index (χ4n) is 2.36. The molecule has 6 heteroatoms. The molecule has 1 saturated heterocycles. The zero-order valence-corrected chi connectivity index (χ0v) is 11.7. The second kappa shape index (κ2) is 5.77. The lowest BCUT2D eigenvalue weighted by Crippen LogP contribution is -2.35. The Kier molecular flexibility index (Phi) is 4.31. The Morgan fingerprint density at radius 3 is 3.06 bits per heavy atom. The number of nitrogens with two attached hydrogens (primary N) is 1. The number of aromatic nitrogens is 1. The van der Waals surface area contributed by atoms with E-state index in [9.17, 15) is 4.79 Å². The number of hydrogen-bond acceptors (Lipinski definition) is 5. The standard InChI is InChI=1S/C12H20N4OS/c1-8-7-18-12(14-8)15-11(17)6-16-5-10(4-13)3-9(16)2/h7,9-10H,3-6,13H2,1-2H3,(H,14,15,17). The molecule has 1 aromatic rings. The lowest BCUT2D eigenvalue weighted by atomic mass is 10.1. The topological polar surface area (TPSA) is 71.2 Å². The van der Waals surface area contributed by atoms with Crippen LogP contribution in [0, 0.1) is 12.8 Å². The summed E-state index contributed by atoms with van der Waals surface area (Å²) in [6.07, 6.45) is 1.08. The van der Waals surface area contributed by atoms with Crippen LogP contribution in [-0.2, 0) is 4.79 Å². The number of thiazole rings is 1. The number of hydrogen-bond donors (Lipinski definition) is 2. The van der Waals surface area contributed by atoms with E-state index in [1.165, 1.54) is 11.3 Å². The molecule has 2 atom stereocenters. The summed E-state index contributed by atoms with van der Waals surface area (Å²) in [4.78, 5) is 18.3. The minimum atomic E-state index is 0.00821. The van der Waals surface area contributed by atoms with Crippen molar-refractivity contribution >= 4 is 22.4 Å². The van der Waals surface area contributed by atoms with Gasteiger partial charge < -0.3 is 11.1 Å². The molecule has 1 aliphatic rings. The molecule has 0 saturated carbocycles. The third-order valence-corrected chi connectivity index (χ3v) is 4.21. The number of anilines is 1. The van der Waals surface area contributed by atoms with Crippen LogP contribution in [0.2, 0.25) is 0 Å². The predicted molar refractivity (Wildman–Crippen MR) is 73.7 cm³/mol. The van der Waals surface area contributed by atoms with Crippen LogP contribution in [0.5, 0.6) is 0 Å². The molecule has 1 amide bonds. The molecule has 2 unspecified atom stereocenters. The number of rotatable bonds is 4. The molecule has 1 aliphatic heterocycles. The van der Waals surface area contributed by atoms with Gasteiger partial charge in [-0.25, -0.2) is 4.98 Å². The highest BCUT2D eigenvalue weighted by atomic mass is 32.1. The minimum absolute atomic E-state index is 0.00821. The lowest BCUT2D eigenvalue weighted by molar-refractivity contribution is -0.117. The molecule has 3 N–H and O–H groups in total. The summed E-state index contributed by atoms with van der Waals surface area (Å²) in [5.41, 5.74) is 6.62. The van der Waals surface area contributed by atoms with Crippen molar-refractivity contribution < 1.29 is 4.79 Å². The fourth-order valence-corrected chi connectivity index (χ4v) is 3.07. The SMILES string of the molecule is Cc1csc(NC(=O)CN2CC(CN)CC2C)n1. The van der Waals surface area contributed by atoms with Crippen molar-refractivity contribution in [2.24, 2.45) is 11.7 Å². The van der Waals surface area contributed by atoms with Gasteiger partial charge in [-0.2, -0.15) is 0 Å². The van der Waals surface area contributed by atoms with Crippen molar-refractivity contribution in [3.05, 3.63) is 11.1 Å². The molecular formula is C12H20N4OS. The van der Waals surface area contributed by atoms with Crippen LogP contribution in [0.25, 0.3) is 0 Å². The Morgan fingerprint density at radius 2 is 2.50 bits per heavy atom. The summed E-state index contributed by atoms with van der Waals surface area (Å²) in [6, 6.07) is 0.433. The summed E-state index contributed by atoms with van der Waals surface area (Å²) in [5.74, 6) is 0.531. The van der Waals surface area contributed by atoms with E-state index >= 15 is 0 Å². The highest BCUT2D eigenvalue weighted by molar-refractivity contribution is 7.13. The van der Waals surface area contributed by atoms with Crippen molar-refractivity contribution in [3.63, 3.8) is 0 Å². The van der Waals surface area contributed by atoms with Crippen LogP contribution >= 0.6 is 11.3 Å². The third kappa shape index (κ3) is 3.28. The maximum absolute atomic E-state index is 11.9. The third-order valence-electron chi connectivity index (χ3n) is 3.34. The van der Waals surface area contributed by atoms with E-state index in [1.54, 1.807) is 0 Å². The molecule has 0 aliphatic carbocycles. The first-order valence-electron chi connectivity index (χ1n) is 6.24. The Morgan fingerprint density at radius 1 is 1.72 bits per heavy atom. The van der Waals surface area contributed by atoms with Gasteiger partial charge in [-0.05, 0) is 32.7 Å². The first kappa shape index (κ1) is 13.5. The van der Waals surface area contributed by atoms with Gasteiger partial charge in [0.25, 0.3) is 0 Å². The first-order chi connectivity index (χ1) is 8.58. The normalized spacial score (nSPS) is 24.4. The molecule has 0 radical (unpaired) electrons. The van der Waals surface area contributed by atoms with Gasteiger partial charge in [-0.1, -0.05) is 0 Å². The van der Waals surface area contributed by atoms with Crippen LogP contribution in [0.15, 0.2) is 5.38 Å². The zero-order chi connectivity index (χ0) is 13.1. The quantitative estimate of drug-likeness (QED) is 0.856. The van der Waals surface area contributed by atoms with Gasteiger partial charge in [-0.3, -0.25) is 9.69 Å². The van der Waals surface area contributed by atoms with Crippen LogP contribution in [-0.4, -0.2) is 41.5 Å². The van der Waals surface area contributed by atoms with Crippen molar-refractivity contribution in [1.82, 2.24) is 9.88 Å². The van der Waals surface area contributed by atoms with Gasteiger partial charge in [0.2, 0.25) is 5.91 Å². The number of nitrogens with one attached hydrogen (secondary N) is 1. The number of amides is 1. The molecule has 2 rings (SSSR count). The lowest BCUT2D eigenvalue weighted by Gasteiger charge is -2.19. The van der Waals surface area contributed by atoms with E-state index in [-0.39, 0.29) is 5.91 Å². The minimum Gasteiger partial charge on any atom is -0.330 e. The smallest absolute Gasteiger partial charge is 0.240 e. The average Bonchev–Trinajstić information content (AvgIpc) is 2.86. The zero-order valence-electron chi connectivity index (χ0n) is 10.8. The number of nitrogens with zero attached hydrogens (tertiary/aromatic N) is 2. The number of likely N-dealkylation sites (tertiary alicyclic amines) is 1. The van der Waals surface area contributed by atoms with Crippen LogP contribution < -0.4 is 11.1 Å². The van der Waals surface area contributed by atoms with Gasteiger partial charge in [0, 0.05) is 18.0 Å². The molecule has 0 spiro atoms. The number of aryl methyl sites for hydroxylation is 1. The summed E-state index contributed by atoms with van der Waals surface area (Å²) in [6.45, 7) is 6.11. The van der Waals surface area contributed by atoms with E-state index in [0.717, 1.165) is 18.7 Å². The molecule has 100 valence electrons. The summed E-state index contributed by atoms with van der Waals surface area (Å²) < 4.78 is 0. The van der Waals surface area contributed by atoms with Crippen LogP contribution in [0.1, 0.15) is 19.0 Å². The molecule has 2 heterocycles. The summed E-state index contributed by atoms with van der Waals surface area (Å²) in [5, 5.41) is 5.45. The Balaban J connectivity index is 1.84. The van der Waals surface area contributed by atoms with Crippen molar-refractivity contribution in [1.29, 1.82) is 0 Å². The average molecular weight is 268 g/mol. The number of carbonyl (C=O) groups excluding carboxylic acids is 1. The van der Waals surface area contributed by atoms with Crippen molar-refractivity contribution in [3.8, 4) is 0 Å². The second-order valence-corrected chi connectivity index (χ2v) is 5.82. The molecule has 0 aromatic carbocycles. The van der Waals surface area contributed by atoms with Crippen LogP contribution in [0.4, 0.5) is 5.13 Å². The van der Waals surface area contributed by atoms with Gasteiger partial charge >= 0.3 is 0 Å². The van der Waals surface area contributed by atoms with Crippen molar-refractivity contribution in [2.75, 3.05) is 25.0 Å². The van der Waals surface area contributed by atoms with Gasteiger partial charge in [0.05, 0.1) is 12.2 Å². The van der Waals surface area contributed by atoms with Gasteiger partial charge in [-0.15, -0.1) is 11.3 Å². The Labute approximate surface area is 111 Å². The number of carbonyl (C=O) groups is 1. The first-order valence-corrected chi connectivity index (χ1v) is 7.12. The van der Waals surface area contributed by atoms with E-state index in [2.05, 4.69) is 22.1 Å². The molecule has 18 heavy (non-hydrogen) atoms. The van der Waals surface area contributed by atoms with Gasteiger partial charge in [0.15, 0.2) is 5.13 Å². The fraction of sp³-hybridized carbons (Fsp3) is 0.667. The maximum Gasteiger partial charge on any atom is 0.240 e. The molecule has 1 fully saturated rings. The van der Waals surface area contributed by atoms with E-state index < -0.39 is 0 Å². The molecular weight excluding hydrogens is 248 g/mol. The van der Waals surface area contributed by atoms with Gasteiger partial charge in [0.1, 0.15) is 0 Å². The van der Waals surface area contributed by atoms with E-state index in [4.69, 9.17) is 5.73 Å². The highest BCUT2D eigenvalue weighted by Gasteiger charge is 2.29. The predicted octanol–water partition coefficient (Wildman–Crippen LogP) is 1.06. The molecule has 1 aromatic heterocycles. The van der Waals surface area contributed by atoms with E-state index in [1.807, 2.05) is 12.3 Å². The summed E-state index contributed by atoms with van der Waals surface area (Å²) in [7, 11) is 0. The molecule has 0 bridgehead atoms. The Hall–Kier alpha value is -0.980.